The van der Waals surface area contributed by atoms with E-state index in [1.54, 1.807) is 6.92 Å². The number of esters is 1. The Bertz CT molecular complexity index is 345. The first kappa shape index (κ1) is 20.4. The summed E-state index contributed by atoms with van der Waals surface area (Å²) in [6.07, 6.45) is 5.58. The Kier molecular flexibility index (Phi) is 12.2. The summed E-state index contributed by atoms with van der Waals surface area (Å²) in [7, 11) is 0. The van der Waals surface area contributed by atoms with E-state index < -0.39 is 12.0 Å². The fraction of sp³-hybridized carbons (Fsp3) is 0.812. The van der Waals surface area contributed by atoms with Crippen molar-refractivity contribution < 1.29 is 19.1 Å². The first-order valence-electron chi connectivity index (χ1n) is 8.21. The fourth-order valence-corrected chi connectivity index (χ4v) is 2.06. The SMILES string of the molecule is CCCCCNC(=O)CCCCC(NC(C)=O)C(=O)OCC. The molecule has 6 heteroatoms. The van der Waals surface area contributed by atoms with E-state index in [0.717, 1.165) is 25.8 Å². The molecule has 0 aromatic heterocycles. The second-order valence-electron chi connectivity index (χ2n) is 5.31. The van der Waals surface area contributed by atoms with Gasteiger partial charge in [-0.25, -0.2) is 4.79 Å². The Morgan fingerprint density at radius 3 is 2.36 bits per heavy atom. The minimum absolute atomic E-state index is 0.0447. The molecule has 0 bridgehead atoms. The lowest BCUT2D eigenvalue weighted by Gasteiger charge is -2.16. The van der Waals surface area contributed by atoms with Crippen LogP contribution in [0.2, 0.25) is 0 Å². The van der Waals surface area contributed by atoms with E-state index in [9.17, 15) is 14.4 Å². The normalized spacial score (nSPS) is 11.6. The summed E-state index contributed by atoms with van der Waals surface area (Å²) in [4.78, 5) is 34.4. The molecule has 1 unspecified atom stereocenters. The van der Waals surface area contributed by atoms with Crippen LogP contribution in [-0.4, -0.2) is 37.0 Å². The number of nitrogens with one attached hydrogen (secondary N) is 2. The van der Waals surface area contributed by atoms with Crippen molar-refractivity contribution in [2.75, 3.05) is 13.2 Å². The number of hydrogen-bond acceptors (Lipinski definition) is 4. The molecule has 0 aromatic rings. The molecule has 0 aliphatic rings. The van der Waals surface area contributed by atoms with Crippen LogP contribution in [0.4, 0.5) is 0 Å². The van der Waals surface area contributed by atoms with Crippen LogP contribution in [0.5, 0.6) is 0 Å². The highest BCUT2D eigenvalue weighted by Gasteiger charge is 2.20. The lowest BCUT2D eigenvalue weighted by atomic mass is 10.1. The van der Waals surface area contributed by atoms with Crippen LogP contribution < -0.4 is 10.6 Å². The molecule has 0 aliphatic heterocycles. The van der Waals surface area contributed by atoms with Crippen LogP contribution in [-0.2, 0) is 19.1 Å². The number of ether oxygens (including phenoxy) is 1. The van der Waals surface area contributed by atoms with Gasteiger partial charge in [0.25, 0.3) is 0 Å². The van der Waals surface area contributed by atoms with Crippen molar-refractivity contribution in [3.8, 4) is 0 Å². The van der Waals surface area contributed by atoms with Gasteiger partial charge in [-0.2, -0.15) is 0 Å². The third-order valence-electron chi connectivity index (χ3n) is 3.20. The van der Waals surface area contributed by atoms with Gasteiger partial charge in [-0.1, -0.05) is 26.2 Å². The summed E-state index contributed by atoms with van der Waals surface area (Å²) in [5.74, 6) is -0.628. The third-order valence-corrected chi connectivity index (χ3v) is 3.20. The molecule has 0 radical (unpaired) electrons. The van der Waals surface area contributed by atoms with E-state index in [-0.39, 0.29) is 18.4 Å². The molecule has 0 fully saturated rings. The van der Waals surface area contributed by atoms with Crippen LogP contribution in [0.3, 0.4) is 0 Å². The van der Waals surface area contributed by atoms with E-state index in [2.05, 4.69) is 17.6 Å². The maximum absolute atomic E-state index is 11.7. The van der Waals surface area contributed by atoms with Crippen molar-refractivity contribution in [3.63, 3.8) is 0 Å². The number of amides is 2. The fourth-order valence-electron chi connectivity index (χ4n) is 2.06. The average Bonchev–Trinajstić information content (AvgIpc) is 2.46. The summed E-state index contributed by atoms with van der Waals surface area (Å²) in [5.41, 5.74) is 0. The number of rotatable bonds is 12. The Balaban J connectivity index is 3.89. The molecular formula is C16H30N2O4. The zero-order valence-corrected chi connectivity index (χ0v) is 14.1. The van der Waals surface area contributed by atoms with Gasteiger partial charge in [0.2, 0.25) is 11.8 Å². The van der Waals surface area contributed by atoms with E-state index in [1.807, 2.05) is 0 Å². The Morgan fingerprint density at radius 2 is 1.77 bits per heavy atom. The zero-order valence-electron chi connectivity index (χ0n) is 14.1. The summed E-state index contributed by atoms with van der Waals surface area (Å²) in [6, 6.07) is -0.620. The zero-order chi connectivity index (χ0) is 16.8. The summed E-state index contributed by atoms with van der Waals surface area (Å²) >= 11 is 0. The largest absolute Gasteiger partial charge is 0.464 e. The van der Waals surface area contributed by atoms with Crippen LogP contribution >= 0.6 is 0 Å². The molecule has 2 amide bonds. The first-order valence-corrected chi connectivity index (χ1v) is 8.21. The second-order valence-corrected chi connectivity index (χ2v) is 5.31. The molecule has 2 N–H and O–H groups in total. The van der Waals surface area contributed by atoms with Crippen LogP contribution in [0.15, 0.2) is 0 Å². The van der Waals surface area contributed by atoms with E-state index in [0.29, 0.717) is 25.7 Å². The highest BCUT2D eigenvalue weighted by atomic mass is 16.5. The molecule has 0 aromatic carbocycles. The lowest BCUT2D eigenvalue weighted by Crippen LogP contribution is -2.40. The molecule has 0 spiro atoms. The molecule has 22 heavy (non-hydrogen) atoms. The quantitative estimate of drug-likeness (QED) is 0.426. The van der Waals surface area contributed by atoms with Crippen molar-refractivity contribution in [2.45, 2.75) is 71.8 Å². The molecule has 0 saturated carbocycles. The second kappa shape index (κ2) is 13.1. The van der Waals surface area contributed by atoms with E-state index in [1.165, 1.54) is 6.92 Å². The molecular weight excluding hydrogens is 284 g/mol. The Labute approximate surface area is 133 Å². The maximum Gasteiger partial charge on any atom is 0.328 e. The summed E-state index contributed by atoms with van der Waals surface area (Å²) < 4.78 is 4.93. The number of hydrogen-bond donors (Lipinski definition) is 2. The maximum atomic E-state index is 11.7. The van der Waals surface area contributed by atoms with Crippen molar-refractivity contribution >= 4 is 17.8 Å². The highest BCUT2D eigenvalue weighted by molar-refractivity contribution is 5.83. The van der Waals surface area contributed by atoms with Gasteiger partial charge in [0.05, 0.1) is 6.61 Å². The molecule has 0 aliphatic carbocycles. The monoisotopic (exact) mass is 314 g/mol. The molecule has 0 rings (SSSR count). The highest BCUT2D eigenvalue weighted by Crippen LogP contribution is 2.06. The van der Waals surface area contributed by atoms with Crippen molar-refractivity contribution in [3.05, 3.63) is 0 Å². The minimum atomic E-state index is -0.620. The lowest BCUT2D eigenvalue weighted by molar-refractivity contribution is -0.147. The molecule has 1 atom stereocenters. The van der Waals surface area contributed by atoms with Crippen LogP contribution in [0, 0.1) is 0 Å². The van der Waals surface area contributed by atoms with Crippen molar-refractivity contribution in [2.24, 2.45) is 0 Å². The van der Waals surface area contributed by atoms with Crippen LogP contribution in [0.25, 0.3) is 0 Å². The minimum Gasteiger partial charge on any atom is -0.464 e. The number of unbranched alkanes of at least 4 members (excludes halogenated alkanes) is 3. The van der Waals surface area contributed by atoms with Gasteiger partial charge in [0, 0.05) is 19.9 Å². The molecule has 6 nitrogen and oxygen atoms in total. The topological polar surface area (TPSA) is 84.5 Å². The van der Waals surface area contributed by atoms with Gasteiger partial charge in [-0.05, 0) is 26.2 Å². The van der Waals surface area contributed by atoms with Gasteiger partial charge < -0.3 is 15.4 Å². The molecule has 0 heterocycles. The van der Waals surface area contributed by atoms with Gasteiger partial charge >= 0.3 is 5.97 Å². The number of carbonyl (C=O) groups is 3. The van der Waals surface area contributed by atoms with Gasteiger partial charge in [0.15, 0.2) is 0 Å². The predicted molar refractivity (Wildman–Crippen MR) is 85.2 cm³/mol. The van der Waals surface area contributed by atoms with Gasteiger partial charge in [0.1, 0.15) is 6.04 Å². The Hall–Kier alpha value is -1.59. The standard InChI is InChI=1S/C16H30N2O4/c1-4-6-9-12-17-15(20)11-8-7-10-14(18-13(3)19)16(21)22-5-2/h14H,4-12H2,1-3H3,(H,17,20)(H,18,19). The predicted octanol–water partition coefficient (Wildman–Crippen LogP) is 1.92. The van der Waals surface area contributed by atoms with Crippen LogP contribution in [0.1, 0.15) is 65.7 Å². The average molecular weight is 314 g/mol. The van der Waals surface area contributed by atoms with Crippen molar-refractivity contribution in [1.29, 1.82) is 0 Å². The van der Waals surface area contributed by atoms with Gasteiger partial charge in [-0.3, -0.25) is 9.59 Å². The molecule has 128 valence electrons. The summed E-state index contributed by atoms with van der Waals surface area (Å²) in [5, 5.41) is 5.47. The van der Waals surface area contributed by atoms with E-state index >= 15 is 0 Å². The van der Waals surface area contributed by atoms with E-state index in [4.69, 9.17) is 4.74 Å². The third kappa shape index (κ3) is 11.1. The number of carbonyl (C=O) groups excluding carboxylic acids is 3. The first-order chi connectivity index (χ1) is 10.5. The summed E-state index contributed by atoms with van der Waals surface area (Å²) in [6.45, 7) is 6.23. The van der Waals surface area contributed by atoms with Gasteiger partial charge in [-0.15, -0.1) is 0 Å². The molecule has 0 saturated heterocycles. The Morgan fingerprint density at radius 1 is 1.05 bits per heavy atom. The van der Waals surface area contributed by atoms with Crippen molar-refractivity contribution in [1.82, 2.24) is 10.6 Å². The smallest absolute Gasteiger partial charge is 0.328 e.